The van der Waals surface area contributed by atoms with Crippen LogP contribution in [-0.2, 0) is 20.9 Å². The summed E-state index contributed by atoms with van der Waals surface area (Å²) in [6.45, 7) is 2.01. The van der Waals surface area contributed by atoms with Crippen molar-refractivity contribution < 1.29 is 18.8 Å². The molecule has 2 N–H and O–H groups in total. The van der Waals surface area contributed by atoms with Crippen molar-refractivity contribution in [3.05, 3.63) is 24.2 Å². The van der Waals surface area contributed by atoms with Crippen LogP contribution in [0.5, 0.6) is 0 Å². The lowest BCUT2D eigenvalue weighted by atomic mass is 9.49. The van der Waals surface area contributed by atoms with Gasteiger partial charge in [-0.1, -0.05) is 0 Å². The van der Waals surface area contributed by atoms with Crippen LogP contribution >= 0.6 is 0 Å². The Morgan fingerprint density at radius 1 is 1.00 bits per heavy atom. The number of piperidine rings is 1. The van der Waals surface area contributed by atoms with Gasteiger partial charge in [-0.3, -0.25) is 14.4 Å². The Morgan fingerprint density at radius 2 is 1.66 bits per heavy atom. The second-order valence-electron chi connectivity index (χ2n) is 10.7. The van der Waals surface area contributed by atoms with E-state index in [-0.39, 0.29) is 29.1 Å². The first-order valence-corrected chi connectivity index (χ1v) is 12.4. The summed E-state index contributed by atoms with van der Waals surface area (Å²) >= 11 is 0. The van der Waals surface area contributed by atoms with Crippen molar-refractivity contribution >= 4 is 17.7 Å². The van der Waals surface area contributed by atoms with Crippen LogP contribution in [0.3, 0.4) is 0 Å². The van der Waals surface area contributed by atoms with E-state index in [1.807, 2.05) is 11.0 Å². The van der Waals surface area contributed by atoms with E-state index in [1.165, 1.54) is 19.3 Å². The summed E-state index contributed by atoms with van der Waals surface area (Å²) in [7, 11) is 0. The molecule has 32 heavy (non-hydrogen) atoms. The van der Waals surface area contributed by atoms with Crippen molar-refractivity contribution in [1.82, 2.24) is 15.5 Å². The van der Waals surface area contributed by atoms with Gasteiger partial charge in [0, 0.05) is 37.4 Å². The molecule has 4 aliphatic carbocycles. The van der Waals surface area contributed by atoms with E-state index >= 15 is 0 Å². The van der Waals surface area contributed by atoms with Gasteiger partial charge in [0.1, 0.15) is 5.76 Å². The van der Waals surface area contributed by atoms with Gasteiger partial charge in [0.15, 0.2) is 0 Å². The summed E-state index contributed by atoms with van der Waals surface area (Å²) in [4.78, 5) is 39.9. The van der Waals surface area contributed by atoms with Crippen molar-refractivity contribution in [3.63, 3.8) is 0 Å². The zero-order chi connectivity index (χ0) is 22.1. The van der Waals surface area contributed by atoms with Crippen LogP contribution in [0, 0.1) is 29.1 Å². The number of rotatable bonds is 7. The molecule has 7 nitrogen and oxygen atoms in total. The normalized spacial score (nSPS) is 31.5. The van der Waals surface area contributed by atoms with E-state index in [0.29, 0.717) is 45.4 Å². The van der Waals surface area contributed by atoms with Crippen LogP contribution in [0.2, 0.25) is 0 Å². The van der Waals surface area contributed by atoms with Gasteiger partial charge < -0.3 is 20.0 Å². The molecule has 1 aromatic heterocycles. The molecule has 4 saturated carbocycles. The van der Waals surface area contributed by atoms with Crippen molar-refractivity contribution in [3.8, 4) is 0 Å². The van der Waals surface area contributed by atoms with Crippen molar-refractivity contribution in [2.24, 2.45) is 29.1 Å². The summed E-state index contributed by atoms with van der Waals surface area (Å²) in [5.74, 6) is 3.19. The third-order valence-electron chi connectivity index (χ3n) is 8.38. The average Bonchev–Trinajstić information content (AvgIpc) is 3.30. The van der Waals surface area contributed by atoms with E-state index in [0.717, 1.165) is 42.8 Å². The number of carbonyl (C=O) groups excluding carboxylic acids is 3. The highest BCUT2D eigenvalue weighted by molar-refractivity contribution is 5.84. The fourth-order valence-corrected chi connectivity index (χ4v) is 7.14. The lowest BCUT2D eigenvalue weighted by Crippen LogP contribution is -2.54. The Balaban J connectivity index is 1.02. The van der Waals surface area contributed by atoms with Gasteiger partial charge in [-0.05, 0) is 81.3 Å². The summed E-state index contributed by atoms with van der Waals surface area (Å²) in [5.41, 5.74) is -0.154. The van der Waals surface area contributed by atoms with Gasteiger partial charge in [0.05, 0.1) is 12.8 Å². The number of hydrogen-bond acceptors (Lipinski definition) is 4. The number of likely N-dealkylation sites (tertiary alicyclic amines) is 1. The van der Waals surface area contributed by atoms with E-state index in [2.05, 4.69) is 10.6 Å². The van der Waals surface area contributed by atoms with Crippen molar-refractivity contribution in [2.45, 2.75) is 64.3 Å². The third kappa shape index (κ3) is 4.44. The fraction of sp³-hybridized carbons (Fsp3) is 0.720. The maximum Gasteiger partial charge on any atom is 0.226 e. The minimum atomic E-state index is -0.154. The number of carbonyl (C=O) groups is 3. The summed E-state index contributed by atoms with van der Waals surface area (Å²) in [6.07, 6.45) is 10.4. The Morgan fingerprint density at radius 3 is 2.25 bits per heavy atom. The van der Waals surface area contributed by atoms with Crippen LogP contribution in [0.25, 0.3) is 0 Å². The molecule has 1 aliphatic heterocycles. The zero-order valence-corrected chi connectivity index (χ0v) is 18.8. The van der Waals surface area contributed by atoms with Crippen LogP contribution in [0.1, 0.15) is 63.5 Å². The van der Waals surface area contributed by atoms with Gasteiger partial charge in [-0.25, -0.2) is 0 Å². The zero-order valence-electron chi connectivity index (χ0n) is 18.8. The quantitative estimate of drug-likeness (QED) is 0.681. The van der Waals surface area contributed by atoms with Crippen LogP contribution < -0.4 is 10.6 Å². The molecular weight excluding hydrogens is 406 g/mol. The number of furan rings is 1. The smallest absolute Gasteiger partial charge is 0.226 e. The minimum absolute atomic E-state index is 0.0244. The molecule has 2 heterocycles. The monoisotopic (exact) mass is 441 g/mol. The SMILES string of the molecule is O=C(NCc1ccco1)C1CCN(C(=O)CCNC(=O)C23CC4CC(CC(C4)C2)C3)CC1. The second kappa shape index (κ2) is 8.91. The Labute approximate surface area is 189 Å². The maximum atomic E-state index is 13.0. The highest BCUT2D eigenvalue weighted by Gasteiger charge is 2.54. The molecule has 0 aromatic carbocycles. The molecule has 7 heteroatoms. The van der Waals surface area contributed by atoms with Crippen LogP contribution in [0.15, 0.2) is 22.8 Å². The predicted molar refractivity (Wildman–Crippen MR) is 118 cm³/mol. The van der Waals surface area contributed by atoms with Crippen LogP contribution in [-0.4, -0.2) is 42.3 Å². The maximum absolute atomic E-state index is 13.0. The highest BCUT2D eigenvalue weighted by Crippen LogP contribution is 2.60. The second-order valence-corrected chi connectivity index (χ2v) is 10.7. The predicted octanol–water partition coefficient (Wildman–Crippen LogP) is 2.86. The van der Waals surface area contributed by atoms with Crippen LogP contribution in [0.4, 0.5) is 0 Å². The summed E-state index contributed by atoms with van der Waals surface area (Å²) < 4.78 is 5.24. The first-order chi connectivity index (χ1) is 15.5. The molecule has 0 atom stereocenters. The molecule has 5 fully saturated rings. The molecule has 3 amide bonds. The van der Waals surface area contributed by atoms with E-state index in [1.54, 1.807) is 12.3 Å². The number of amides is 3. The summed E-state index contributed by atoms with van der Waals surface area (Å²) in [5, 5.41) is 6.02. The molecule has 0 radical (unpaired) electrons. The number of hydrogen-bond donors (Lipinski definition) is 2. The fourth-order valence-electron chi connectivity index (χ4n) is 7.14. The average molecular weight is 442 g/mol. The molecule has 1 aromatic rings. The van der Waals surface area contributed by atoms with Gasteiger partial charge in [-0.2, -0.15) is 0 Å². The Hall–Kier alpha value is -2.31. The largest absolute Gasteiger partial charge is 0.467 e. The first kappa shape index (κ1) is 21.5. The van der Waals surface area contributed by atoms with Gasteiger partial charge in [-0.15, -0.1) is 0 Å². The molecule has 1 saturated heterocycles. The third-order valence-corrected chi connectivity index (χ3v) is 8.38. The van der Waals surface area contributed by atoms with Gasteiger partial charge >= 0.3 is 0 Å². The summed E-state index contributed by atoms with van der Waals surface area (Å²) in [6, 6.07) is 3.64. The molecule has 4 bridgehead atoms. The Kier molecular flexibility index (Phi) is 5.99. The first-order valence-electron chi connectivity index (χ1n) is 12.4. The Bertz CT molecular complexity index is 806. The topological polar surface area (TPSA) is 91.7 Å². The minimum Gasteiger partial charge on any atom is -0.467 e. The molecule has 6 rings (SSSR count). The molecule has 0 unspecified atom stereocenters. The van der Waals surface area contributed by atoms with Crippen molar-refractivity contribution in [2.75, 3.05) is 19.6 Å². The molecular formula is C25H35N3O4. The van der Waals surface area contributed by atoms with Crippen molar-refractivity contribution in [1.29, 1.82) is 0 Å². The lowest BCUT2D eigenvalue weighted by Gasteiger charge is -2.55. The van der Waals surface area contributed by atoms with E-state index in [9.17, 15) is 14.4 Å². The standard InChI is InChI=1S/C25H35N3O4/c29-22(28-7-4-20(5-8-28)23(30)27-16-21-2-1-9-32-21)3-6-26-24(31)25-13-17-10-18(14-25)12-19(11-17)15-25/h1-2,9,17-20H,3-8,10-16H2,(H,26,31)(H,27,30). The molecule has 0 spiro atoms. The lowest BCUT2D eigenvalue weighted by molar-refractivity contribution is -0.146. The van der Waals surface area contributed by atoms with E-state index < -0.39 is 0 Å². The number of nitrogens with one attached hydrogen (secondary N) is 2. The molecule has 5 aliphatic rings. The van der Waals surface area contributed by atoms with Gasteiger partial charge in [0.25, 0.3) is 0 Å². The van der Waals surface area contributed by atoms with E-state index in [4.69, 9.17) is 4.42 Å². The van der Waals surface area contributed by atoms with Gasteiger partial charge in [0.2, 0.25) is 17.7 Å². The molecule has 174 valence electrons. The number of nitrogens with zero attached hydrogens (tertiary/aromatic N) is 1. The highest BCUT2D eigenvalue weighted by atomic mass is 16.3.